The highest BCUT2D eigenvalue weighted by molar-refractivity contribution is 7.47. The molecule has 1 amide bonds. The number of amides is 1. The molecule has 3 unspecified atom stereocenters. The number of phosphoric acid groups is 1. The zero-order valence-corrected chi connectivity index (χ0v) is 50.0. The summed E-state index contributed by atoms with van der Waals surface area (Å²) in [6, 6.07) is -0.860. The minimum Gasteiger partial charge on any atom is -0.387 e. The summed E-state index contributed by atoms with van der Waals surface area (Å²) < 4.78 is 23.6. The molecule has 430 valence electrons. The summed E-state index contributed by atoms with van der Waals surface area (Å²) in [5, 5.41) is 13.8. The van der Waals surface area contributed by atoms with Crippen molar-refractivity contribution in [3.8, 4) is 0 Å². The maximum Gasteiger partial charge on any atom is 0.472 e. The predicted octanol–water partition coefficient (Wildman–Crippen LogP) is 19.5. The van der Waals surface area contributed by atoms with Gasteiger partial charge >= 0.3 is 7.82 Å². The molecule has 0 radical (unpaired) electrons. The van der Waals surface area contributed by atoms with Gasteiger partial charge in [-0.25, -0.2) is 4.57 Å². The number of nitrogens with one attached hydrogen (secondary N) is 1. The van der Waals surface area contributed by atoms with Crippen molar-refractivity contribution in [1.82, 2.24) is 5.32 Å². The molecule has 0 aliphatic carbocycles. The van der Waals surface area contributed by atoms with Gasteiger partial charge in [-0.3, -0.25) is 13.8 Å². The summed E-state index contributed by atoms with van der Waals surface area (Å²) >= 11 is 0. The Morgan fingerprint density at radius 3 is 1.19 bits per heavy atom. The molecule has 73 heavy (non-hydrogen) atoms. The second-order valence-corrected chi connectivity index (χ2v) is 24.2. The van der Waals surface area contributed by atoms with Crippen molar-refractivity contribution in [1.29, 1.82) is 0 Å². The zero-order valence-electron chi connectivity index (χ0n) is 49.1. The Morgan fingerprint density at radius 2 is 0.795 bits per heavy atom. The van der Waals surface area contributed by atoms with Gasteiger partial charge in [-0.05, 0) is 64.2 Å². The summed E-state index contributed by atoms with van der Waals surface area (Å²) in [4.78, 5) is 23.2. The summed E-state index contributed by atoms with van der Waals surface area (Å²) in [5.41, 5.74) is 0. The number of carbonyl (C=O) groups excluding carboxylic acids is 1. The molecule has 0 aromatic heterocycles. The third-order valence-corrected chi connectivity index (χ3v) is 15.3. The van der Waals surface area contributed by atoms with Crippen LogP contribution in [0.4, 0.5) is 0 Å². The SMILES string of the molecule is CCCCCC/C=C/CC/C=C/C(O)C(COP(=O)(O)OCC[N+](C)(C)C)NC(=O)CCCCCCCCCCCCCCCCCCCCCCCCCCCCCCC/C=C\C/C=C\CCCCCCC. The van der Waals surface area contributed by atoms with Crippen molar-refractivity contribution in [2.24, 2.45) is 0 Å². The largest absolute Gasteiger partial charge is 0.472 e. The Labute approximate surface area is 454 Å². The van der Waals surface area contributed by atoms with Gasteiger partial charge in [0.1, 0.15) is 13.2 Å². The van der Waals surface area contributed by atoms with Gasteiger partial charge in [-0.15, -0.1) is 0 Å². The van der Waals surface area contributed by atoms with Crippen LogP contribution in [0.5, 0.6) is 0 Å². The maximum absolute atomic E-state index is 12.9. The van der Waals surface area contributed by atoms with E-state index in [2.05, 4.69) is 55.6 Å². The van der Waals surface area contributed by atoms with E-state index in [1.807, 2.05) is 27.2 Å². The van der Waals surface area contributed by atoms with Crippen LogP contribution in [0.25, 0.3) is 0 Å². The molecule has 0 aromatic rings. The van der Waals surface area contributed by atoms with E-state index >= 15 is 0 Å². The van der Waals surface area contributed by atoms with Crippen LogP contribution in [0.2, 0.25) is 0 Å². The van der Waals surface area contributed by atoms with Crippen molar-refractivity contribution in [3.63, 3.8) is 0 Å². The van der Waals surface area contributed by atoms with Gasteiger partial charge in [0, 0.05) is 6.42 Å². The zero-order chi connectivity index (χ0) is 53.5. The molecule has 0 aliphatic rings. The quantitative estimate of drug-likeness (QED) is 0.0243. The molecule has 0 spiro atoms. The van der Waals surface area contributed by atoms with E-state index in [-0.39, 0.29) is 19.1 Å². The van der Waals surface area contributed by atoms with E-state index in [1.54, 1.807) is 6.08 Å². The molecule has 0 aliphatic heterocycles. The maximum atomic E-state index is 12.9. The van der Waals surface area contributed by atoms with Gasteiger partial charge in [-0.2, -0.15) is 0 Å². The topological polar surface area (TPSA) is 105 Å². The summed E-state index contributed by atoms with van der Waals surface area (Å²) in [5.74, 6) is -0.184. The summed E-state index contributed by atoms with van der Waals surface area (Å²) in [6.45, 7) is 4.76. The van der Waals surface area contributed by atoms with Gasteiger partial charge < -0.3 is 19.8 Å². The number of carbonyl (C=O) groups is 1. The van der Waals surface area contributed by atoms with Crippen molar-refractivity contribution in [2.45, 2.75) is 315 Å². The minimum atomic E-state index is -4.35. The molecule has 3 N–H and O–H groups in total. The number of aliphatic hydroxyl groups excluding tert-OH is 1. The number of phosphoric ester groups is 1. The molecule has 3 atom stereocenters. The Kier molecular flexibility index (Phi) is 54.1. The number of nitrogens with zero attached hydrogens (tertiary/aromatic N) is 1. The smallest absolute Gasteiger partial charge is 0.387 e. The molecule has 0 saturated carbocycles. The number of allylic oxidation sites excluding steroid dienone is 7. The lowest BCUT2D eigenvalue weighted by Crippen LogP contribution is -2.45. The molecule has 8 nitrogen and oxygen atoms in total. The van der Waals surface area contributed by atoms with Crippen molar-refractivity contribution >= 4 is 13.7 Å². The van der Waals surface area contributed by atoms with E-state index in [4.69, 9.17) is 9.05 Å². The highest BCUT2D eigenvalue weighted by Gasteiger charge is 2.27. The second-order valence-electron chi connectivity index (χ2n) is 22.8. The fraction of sp³-hybridized carbons (Fsp3) is 0.859. The second kappa shape index (κ2) is 55.2. The molecule has 0 heterocycles. The number of hydrogen-bond donors (Lipinski definition) is 3. The van der Waals surface area contributed by atoms with Crippen LogP contribution in [0.15, 0.2) is 48.6 Å². The molecule has 0 rings (SSSR count). The molecule has 0 saturated heterocycles. The molecule has 9 heteroatoms. The van der Waals surface area contributed by atoms with Crippen LogP contribution in [-0.2, 0) is 18.4 Å². The fourth-order valence-corrected chi connectivity index (χ4v) is 10.1. The van der Waals surface area contributed by atoms with E-state index in [1.165, 1.54) is 238 Å². The lowest BCUT2D eigenvalue weighted by molar-refractivity contribution is -0.870. The number of quaternary nitrogens is 1. The van der Waals surface area contributed by atoms with Gasteiger partial charge in [-0.1, -0.05) is 281 Å². The first-order chi connectivity index (χ1) is 35.5. The Bertz CT molecular complexity index is 1330. The summed E-state index contributed by atoms with van der Waals surface area (Å²) in [6.07, 6.45) is 74.2. The van der Waals surface area contributed by atoms with Crippen LogP contribution >= 0.6 is 7.82 Å². The number of rotatable bonds is 58. The minimum absolute atomic E-state index is 0.0571. The van der Waals surface area contributed by atoms with Crippen LogP contribution in [-0.4, -0.2) is 73.4 Å². The molecule has 0 fully saturated rings. The van der Waals surface area contributed by atoms with E-state index in [0.717, 1.165) is 44.9 Å². The fourth-order valence-electron chi connectivity index (χ4n) is 9.33. The van der Waals surface area contributed by atoms with E-state index < -0.39 is 20.0 Å². The first kappa shape index (κ1) is 71.5. The number of likely N-dealkylation sites (N-methyl/N-ethyl adjacent to an activating group) is 1. The number of hydrogen-bond acceptors (Lipinski definition) is 5. The lowest BCUT2D eigenvalue weighted by atomic mass is 10.0. The lowest BCUT2D eigenvalue weighted by Gasteiger charge is -2.25. The third-order valence-electron chi connectivity index (χ3n) is 14.3. The van der Waals surface area contributed by atoms with Crippen molar-refractivity contribution < 1.29 is 32.9 Å². The van der Waals surface area contributed by atoms with Crippen LogP contribution in [0.1, 0.15) is 303 Å². The van der Waals surface area contributed by atoms with Crippen molar-refractivity contribution in [2.75, 3.05) is 40.9 Å². The molecular formula is C64H124N2O6P+. The van der Waals surface area contributed by atoms with Crippen molar-refractivity contribution in [3.05, 3.63) is 48.6 Å². The highest BCUT2D eigenvalue weighted by Crippen LogP contribution is 2.43. The van der Waals surface area contributed by atoms with Gasteiger partial charge in [0.2, 0.25) is 5.91 Å². The Balaban J connectivity index is 3.78. The van der Waals surface area contributed by atoms with Crippen LogP contribution < -0.4 is 5.32 Å². The monoisotopic (exact) mass is 1050 g/mol. The van der Waals surface area contributed by atoms with Crippen LogP contribution in [0, 0.1) is 0 Å². The normalized spacial score (nSPS) is 14.1. The Morgan fingerprint density at radius 1 is 0.466 bits per heavy atom. The molecular weight excluding hydrogens is 924 g/mol. The number of aliphatic hydroxyl groups is 1. The molecule has 0 bridgehead atoms. The Hall–Kier alpha value is -1.54. The van der Waals surface area contributed by atoms with E-state index in [9.17, 15) is 19.4 Å². The van der Waals surface area contributed by atoms with Crippen LogP contribution in [0.3, 0.4) is 0 Å². The standard InChI is InChI=1S/C64H123N2O6P/c1-6-8-10-12-14-16-18-19-20-21-22-23-24-25-26-27-28-29-30-31-32-33-34-35-36-37-38-39-40-41-42-43-44-45-46-47-48-50-52-54-56-58-64(68)65-62(61-72-73(69,70)71-60-59-66(3,4)5)63(67)57-55-53-51-49-17-15-13-11-9-7-2/h17-19,21-22,49,55,57,62-63,67H,6-16,20,23-48,50-54,56,58-61H2,1-5H3,(H-,65,68,69,70)/p+1/b19-18-,22-21-,49-17+,57-55+. The first-order valence-corrected chi connectivity index (χ1v) is 33.0. The average Bonchev–Trinajstić information content (AvgIpc) is 3.35. The summed E-state index contributed by atoms with van der Waals surface area (Å²) in [7, 11) is 1.56. The number of unbranched alkanes of at least 4 members (excludes halogenated alkanes) is 39. The van der Waals surface area contributed by atoms with Gasteiger partial charge in [0.25, 0.3) is 0 Å². The van der Waals surface area contributed by atoms with Gasteiger partial charge in [0.05, 0.1) is 39.9 Å². The van der Waals surface area contributed by atoms with E-state index in [0.29, 0.717) is 17.4 Å². The predicted molar refractivity (Wildman–Crippen MR) is 318 cm³/mol. The molecule has 0 aromatic carbocycles. The third kappa shape index (κ3) is 58.0. The average molecular weight is 1050 g/mol. The first-order valence-electron chi connectivity index (χ1n) is 31.5. The highest BCUT2D eigenvalue weighted by atomic mass is 31.2. The van der Waals surface area contributed by atoms with Gasteiger partial charge in [0.15, 0.2) is 0 Å².